The number of nitrogens with one attached hydrogen (secondary N) is 1. The fourth-order valence-electron chi connectivity index (χ4n) is 4.69. The first-order valence-corrected chi connectivity index (χ1v) is 10.8. The Kier molecular flexibility index (Phi) is 5.45. The molecule has 0 aromatic heterocycles. The van der Waals surface area contributed by atoms with Crippen molar-refractivity contribution in [1.82, 2.24) is 4.90 Å². The van der Waals surface area contributed by atoms with Crippen molar-refractivity contribution >= 4 is 11.4 Å². The highest BCUT2D eigenvalue weighted by Gasteiger charge is 2.52. The molecule has 3 heteroatoms. The van der Waals surface area contributed by atoms with Gasteiger partial charge in [0.05, 0.1) is 5.71 Å². The summed E-state index contributed by atoms with van der Waals surface area (Å²) in [7, 11) is 0. The summed E-state index contributed by atoms with van der Waals surface area (Å²) >= 11 is 0. The minimum absolute atomic E-state index is 0.400. The van der Waals surface area contributed by atoms with Crippen LogP contribution in [0.25, 0.3) is 0 Å². The van der Waals surface area contributed by atoms with E-state index in [0.717, 1.165) is 54.2 Å². The van der Waals surface area contributed by atoms with Crippen molar-refractivity contribution < 1.29 is 0 Å². The molecule has 4 rings (SSSR count). The number of likely N-dealkylation sites (tertiary alicyclic amines) is 1. The maximum atomic E-state index is 8.50. The first kappa shape index (κ1) is 20.9. The minimum Gasteiger partial charge on any atom is -0.370 e. The zero-order chi connectivity index (χ0) is 22.2. The molecule has 0 radical (unpaired) electrons. The molecule has 2 fully saturated rings. The summed E-state index contributed by atoms with van der Waals surface area (Å²) in [6, 6.07) is 8.75. The summed E-state index contributed by atoms with van der Waals surface area (Å²) in [5.41, 5.74) is 8.32. The molecule has 158 valence electrons. The number of aryl methyl sites for hydroxylation is 1. The molecule has 1 aromatic carbocycles. The maximum absolute atomic E-state index is 8.50. The first-order valence-electron chi connectivity index (χ1n) is 10.8. The summed E-state index contributed by atoms with van der Waals surface area (Å²) in [4.78, 5) is 4.86. The topological polar surface area (TPSA) is 30.3 Å². The van der Waals surface area contributed by atoms with Crippen LogP contribution in [0.15, 0.2) is 108 Å². The highest BCUT2D eigenvalue weighted by molar-refractivity contribution is 6.10. The van der Waals surface area contributed by atoms with Gasteiger partial charge in [0, 0.05) is 48.6 Å². The molecule has 31 heavy (non-hydrogen) atoms. The van der Waals surface area contributed by atoms with Gasteiger partial charge in [-0.25, -0.2) is 0 Å². The molecule has 0 unspecified atom stereocenters. The van der Waals surface area contributed by atoms with Crippen molar-refractivity contribution in [2.45, 2.75) is 13.8 Å². The van der Waals surface area contributed by atoms with Gasteiger partial charge in [0.2, 0.25) is 0 Å². The molecule has 3 nitrogen and oxygen atoms in total. The molecule has 0 atom stereocenters. The Hall–Kier alpha value is -3.33. The van der Waals surface area contributed by atoms with Gasteiger partial charge in [-0.1, -0.05) is 55.7 Å². The fraction of sp³-hybridized carbons (Fsp3) is 0.250. The molecule has 2 heterocycles. The Balaban J connectivity index is 1.36. The van der Waals surface area contributed by atoms with Gasteiger partial charge < -0.3 is 15.2 Å². The molecule has 0 amide bonds. The van der Waals surface area contributed by atoms with E-state index < -0.39 is 0 Å². The molecule has 1 spiro atoms. The van der Waals surface area contributed by atoms with Crippen LogP contribution in [0.4, 0.5) is 5.69 Å². The molecular weight excluding hydrogens is 378 g/mol. The van der Waals surface area contributed by atoms with Crippen LogP contribution in [0, 0.1) is 17.7 Å². The number of nitrogens with zero attached hydrogens (tertiary/aromatic N) is 2. The summed E-state index contributed by atoms with van der Waals surface area (Å²) in [6.07, 6.45) is 11.7. The zero-order valence-electron chi connectivity index (χ0n) is 18.6. The lowest BCUT2D eigenvalue weighted by Crippen LogP contribution is -2.71. The number of anilines is 1. The van der Waals surface area contributed by atoms with Gasteiger partial charge in [0.25, 0.3) is 0 Å². The highest BCUT2D eigenvalue weighted by atomic mass is 15.3. The van der Waals surface area contributed by atoms with Crippen LogP contribution >= 0.6 is 0 Å². The summed E-state index contributed by atoms with van der Waals surface area (Å²) < 4.78 is 0. The van der Waals surface area contributed by atoms with E-state index in [9.17, 15) is 0 Å². The number of rotatable bonds is 6. The Bertz CT molecular complexity index is 1080. The summed E-state index contributed by atoms with van der Waals surface area (Å²) in [5.74, 6) is 0. The smallest absolute Gasteiger partial charge is 0.0633 e. The second-order valence-electron chi connectivity index (χ2n) is 9.09. The molecule has 1 aromatic rings. The number of hydrogen-bond acceptors (Lipinski definition) is 3. The average Bonchev–Trinajstić information content (AvgIpc) is 2.65. The van der Waals surface area contributed by atoms with E-state index in [1.54, 1.807) is 6.08 Å². The summed E-state index contributed by atoms with van der Waals surface area (Å²) in [5, 5.41) is 8.50. The van der Waals surface area contributed by atoms with E-state index in [4.69, 9.17) is 5.41 Å². The van der Waals surface area contributed by atoms with Gasteiger partial charge in [-0.3, -0.25) is 0 Å². The second kappa shape index (κ2) is 8.07. The predicted molar refractivity (Wildman–Crippen MR) is 133 cm³/mol. The molecule has 2 aliphatic heterocycles. The normalized spacial score (nSPS) is 21.0. The maximum Gasteiger partial charge on any atom is 0.0633 e. The van der Waals surface area contributed by atoms with Crippen LogP contribution in [0.5, 0.6) is 0 Å². The van der Waals surface area contributed by atoms with Gasteiger partial charge in [0.15, 0.2) is 0 Å². The molecule has 2 saturated heterocycles. The van der Waals surface area contributed by atoms with E-state index in [2.05, 4.69) is 66.8 Å². The lowest BCUT2D eigenvalue weighted by atomic mass is 9.72. The average molecular weight is 410 g/mol. The van der Waals surface area contributed by atoms with Crippen molar-refractivity contribution in [3.63, 3.8) is 0 Å². The van der Waals surface area contributed by atoms with Crippen LogP contribution in [0.3, 0.4) is 0 Å². The van der Waals surface area contributed by atoms with Crippen LogP contribution in [-0.2, 0) is 0 Å². The SMILES string of the molecule is C=C/C=C(\C(=C)C)C(=C)/C=C1/C=CC(N2CC3(C2)CN(c2cccc(C)c2)C3)=CC1=N. The lowest BCUT2D eigenvalue weighted by Gasteiger charge is -2.62. The van der Waals surface area contributed by atoms with E-state index in [0.29, 0.717) is 11.1 Å². The monoisotopic (exact) mass is 409 g/mol. The molecule has 3 aliphatic rings. The lowest BCUT2D eigenvalue weighted by molar-refractivity contribution is 0.00646. The van der Waals surface area contributed by atoms with Crippen molar-refractivity contribution in [2.24, 2.45) is 5.41 Å². The van der Waals surface area contributed by atoms with E-state index >= 15 is 0 Å². The van der Waals surface area contributed by atoms with Gasteiger partial charge >= 0.3 is 0 Å². The van der Waals surface area contributed by atoms with Gasteiger partial charge in [-0.15, -0.1) is 0 Å². The minimum atomic E-state index is 0.400. The van der Waals surface area contributed by atoms with Crippen LogP contribution in [-0.4, -0.2) is 36.8 Å². The fourth-order valence-corrected chi connectivity index (χ4v) is 4.69. The van der Waals surface area contributed by atoms with Crippen molar-refractivity contribution in [1.29, 1.82) is 5.41 Å². The molecule has 0 bridgehead atoms. The van der Waals surface area contributed by atoms with Gasteiger partial charge in [-0.05, 0) is 60.9 Å². The molecule has 0 saturated carbocycles. The van der Waals surface area contributed by atoms with Crippen LogP contribution in [0.1, 0.15) is 12.5 Å². The third kappa shape index (κ3) is 4.13. The molecule has 1 aliphatic carbocycles. The largest absolute Gasteiger partial charge is 0.370 e. The summed E-state index contributed by atoms with van der Waals surface area (Å²) in [6.45, 7) is 20.4. The standard InChI is InChI=1S/C28H31N3/c1-6-8-26(20(2)3)22(5)14-23-11-12-25(15-27(23)29)31-18-28(19-31)16-30(17-28)24-10-7-9-21(4)13-24/h6-15,29H,1-2,5,16-19H2,3-4H3/b23-14-,26-8+,29-27?. The molecular formula is C28H31N3. The third-order valence-electron chi connectivity index (χ3n) is 6.29. The quantitative estimate of drug-likeness (QED) is 0.605. The van der Waals surface area contributed by atoms with Gasteiger partial charge in [-0.2, -0.15) is 0 Å². The van der Waals surface area contributed by atoms with E-state index in [-0.39, 0.29) is 0 Å². The number of hydrogen-bond donors (Lipinski definition) is 1. The van der Waals surface area contributed by atoms with E-state index in [1.807, 2.05) is 31.2 Å². The highest BCUT2D eigenvalue weighted by Crippen LogP contribution is 2.44. The Morgan fingerprint density at radius 1 is 1.10 bits per heavy atom. The van der Waals surface area contributed by atoms with Crippen molar-refractivity contribution in [2.75, 3.05) is 31.1 Å². The Morgan fingerprint density at radius 2 is 1.81 bits per heavy atom. The second-order valence-corrected chi connectivity index (χ2v) is 9.09. The number of allylic oxidation sites excluding steroid dienone is 10. The number of benzene rings is 1. The Labute approximate surface area is 186 Å². The van der Waals surface area contributed by atoms with Crippen molar-refractivity contribution in [3.05, 3.63) is 114 Å². The van der Waals surface area contributed by atoms with Gasteiger partial charge in [0.1, 0.15) is 0 Å². The predicted octanol–water partition coefficient (Wildman–Crippen LogP) is 5.76. The first-order chi connectivity index (χ1) is 14.8. The zero-order valence-corrected chi connectivity index (χ0v) is 18.6. The van der Waals surface area contributed by atoms with Crippen molar-refractivity contribution in [3.8, 4) is 0 Å². The third-order valence-corrected chi connectivity index (χ3v) is 6.29. The van der Waals surface area contributed by atoms with E-state index in [1.165, 1.54) is 11.3 Å². The Morgan fingerprint density at radius 3 is 2.42 bits per heavy atom. The molecule has 1 N–H and O–H groups in total. The van der Waals surface area contributed by atoms with Crippen LogP contribution in [0.2, 0.25) is 0 Å². The van der Waals surface area contributed by atoms with Crippen LogP contribution < -0.4 is 4.90 Å².